The highest BCUT2D eigenvalue weighted by molar-refractivity contribution is 5.69. The van der Waals surface area contributed by atoms with Gasteiger partial charge in [0, 0.05) is 6.42 Å². The van der Waals surface area contributed by atoms with Crippen molar-refractivity contribution in [2.75, 3.05) is 7.11 Å². The number of allylic oxidation sites excluding steroid dienone is 4. The van der Waals surface area contributed by atoms with Crippen molar-refractivity contribution in [3.63, 3.8) is 0 Å². The van der Waals surface area contributed by atoms with Crippen molar-refractivity contribution in [2.24, 2.45) is 0 Å². The summed E-state index contributed by atoms with van der Waals surface area (Å²) in [5, 5.41) is 9.56. The quantitative estimate of drug-likeness (QED) is 0.323. The number of unbranched alkanes of at least 4 members (excludes halogenated alkanes) is 2. The molecule has 0 aliphatic heterocycles. The second-order valence-corrected chi connectivity index (χ2v) is 4.47. The molecule has 0 rings (SSSR count). The van der Waals surface area contributed by atoms with Gasteiger partial charge in [-0.15, -0.1) is 0 Å². The Morgan fingerprint density at radius 2 is 2.10 bits per heavy atom. The summed E-state index contributed by atoms with van der Waals surface area (Å²) in [7, 11) is 1.33. The van der Waals surface area contributed by atoms with Crippen LogP contribution in [-0.4, -0.2) is 24.3 Å². The third-order valence-corrected chi connectivity index (χ3v) is 2.65. The number of hydrogen-bond donors (Lipinski definition) is 1. The van der Waals surface area contributed by atoms with Gasteiger partial charge >= 0.3 is 5.97 Å². The zero-order chi connectivity index (χ0) is 15.8. The van der Waals surface area contributed by atoms with Crippen LogP contribution < -0.4 is 0 Å². The molecule has 3 heteroatoms. The average molecular weight is 288 g/mol. The number of aliphatic hydroxyl groups excluding tert-OH is 1. The minimum absolute atomic E-state index is 0.0795. The molecule has 3 nitrogen and oxygen atoms in total. The van der Waals surface area contributed by atoms with E-state index in [1.807, 2.05) is 19.1 Å². The van der Waals surface area contributed by atoms with E-state index in [4.69, 9.17) is 0 Å². The summed E-state index contributed by atoms with van der Waals surface area (Å²) in [5.74, 6) is 10.9. The Labute approximate surface area is 128 Å². The van der Waals surface area contributed by atoms with Crippen LogP contribution in [0.1, 0.15) is 45.4 Å². The van der Waals surface area contributed by atoms with Gasteiger partial charge in [0.1, 0.15) is 0 Å². The SMILES string of the molecule is CC=CC#CC#CCC=CCCCCC(O)CC(=O)OC. The normalized spacial score (nSPS) is 11.6. The summed E-state index contributed by atoms with van der Waals surface area (Å²) in [6.45, 7) is 1.92. The Bertz CT molecular complexity index is 452. The van der Waals surface area contributed by atoms with Gasteiger partial charge in [0.25, 0.3) is 0 Å². The van der Waals surface area contributed by atoms with Crippen LogP contribution in [-0.2, 0) is 9.53 Å². The van der Waals surface area contributed by atoms with E-state index in [1.165, 1.54) is 7.11 Å². The number of ether oxygens (including phenoxy) is 1. The smallest absolute Gasteiger partial charge is 0.308 e. The molecule has 0 heterocycles. The zero-order valence-electron chi connectivity index (χ0n) is 12.9. The van der Waals surface area contributed by atoms with Crippen molar-refractivity contribution in [1.29, 1.82) is 0 Å². The highest BCUT2D eigenvalue weighted by Crippen LogP contribution is 2.07. The largest absolute Gasteiger partial charge is 0.469 e. The van der Waals surface area contributed by atoms with Gasteiger partial charge in [-0.1, -0.05) is 36.5 Å². The molecule has 0 aromatic carbocycles. The molecule has 0 aliphatic carbocycles. The average Bonchev–Trinajstić information content (AvgIpc) is 2.48. The van der Waals surface area contributed by atoms with Crippen LogP contribution in [0.25, 0.3) is 0 Å². The Morgan fingerprint density at radius 3 is 2.81 bits per heavy atom. The standard InChI is InChI=1S/C18H24O3/c1-3-4-5-6-7-8-9-10-11-12-13-14-15-17(19)16-18(20)21-2/h3-4,10-11,17,19H,9,12-16H2,1-2H3. The molecule has 1 N–H and O–H groups in total. The first-order chi connectivity index (χ1) is 10.2. The van der Waals surface area contributed by atoms with Crippen LogP contribution in [0.3, 0.4) is 0 Å². The number of rotatable bonds is 8. The van der Waals surface area contributed by atoms with E-state index in [0.717, 1.165) is 19.3 Å². The monoisotopic (exact) mass is 288 g/mol. The molecule has 0 saturated carbocycles. The Hall–Kier alpha value is -1.97. The van der Waals surface area contributed by atoms with Gasteiger partial charge in [-0.3, -0.25) is 4.79 Å². The number of methoxy groups -OCH3 is 1. The molecule has 0 aromatic rings. The van der Waals surface area contributed by atoms with E-state index in [2.05, 4.69) is 34.5 Å². The van der Waals surface area contributed by atoms with E-state index < -0.39 is 6.10 Å². The predicted octanol–water partition coefficient (Wildman–Crippen LogP) is 3.00. The lowest BCUT2D eigenvalue weighted by Crippen LogP contribution is -2.14. The lowest BCUT2D eigenvalue weighted by Gasteiger charge is -2.07. The third-order valence-electron chi connectivity index (χ3n) is 2.65. The summed E-state index contributed by atoms with van der Waals surface area (Å²) in [5.41, 5.74) is 0. The van der Waals surface area contributed by atoms with E-state index >= 15 is 0 Å². The van der Waals surface area contributed by atoms with Gasteiger partial charge in [0.05, 0.1) is 19.6 Å². The highest BCUT2D eigenvalue weighted by Gasteiger charge is 2.09. The second-order valence-electron chi connectivity index (χ2n) is 4.47. The Kier molecular flexibility index (Phi) is 13.1. The Balaban J connectivity index is 3.57. The number of esters is 1. The molecule has 0 amide bonds. The summed E-state index contributed by atoms with van der Waals surface area (Å²) < 4.78 is 4.50. The first-order valence-corrected chi connectivity index (χ1v) is 7.20. The molecule has 0 bridgehead atoms. The first kappa shape index (κ1) is 19.0. The molecule has 1 atom stereocenters. The van der Waals surface area contributed by atoms with Crippen molar-refractivity contribution in [2.45, 2.75) is 51.6 Å². The molecular weight excluding hydrogens is 264 g/mol. The number of carbonyl (C=O) groups excluding carboxylic acids is 1. The summed E-state index contributed by atoms with van der Waals surface area (Å²) in [6, 6.07) is 0. The van der Waals surface area contributed by atoms with Gasteiger partial charge in [0.2, 0.25) is 0 Å². The molecular formula is C18H24O3. The van der Waals surface area contributed by atoms with Crippen LogP contribution in [0.15, 0.2) is 24.3 Å². The van der Waals surface area contributed by atoms with Crippen LogP contribution in [0.4, 0.5) is 0 Å². The lowest BCUT2D eigenvalue weighted by atomic mass is 10.1. The molecule has 21 heavy (non-hydrogen) atoms. The van der Waals surface area contributed by atoms with E-state index in [1.54, 1.807) is 6.08 Å². The molecule has 0 aliphatic rings. The molecule has 0 spiro atoms. The topological polar surface area (TPSA) is 46.5 Å². The minimum atomic E-state index is -0.594. The summed E-state index contributed by atoms with van der Waals surface area (Å²) in [4.78, 5) is 10.9. The van der Waals surface area contributed by atoms with E-state index in [9.17, 15) is 9.90 Å². The maximum atomic E-state index is 10.9. The third kappa shape index (κ3) is 14.3. The maximum absolute atomic E-state index is 10.9. The molecule has 114 valence electrons. The Morgan fingerprint density at radius 1 is 1.29 bits per heavy atom. The molecule has 0 fully saturated rings. The van der Waals surface area contributed by atoms with Crippen molar-refractivity contribution < 1.29 is 14.6 Å². The summed E-state index contributed by atoms with van der Waals surface area (Å²) >= 11 is 0. The molecule has 0 aromatic heterocycles. The summed E-state index contributed by atoms with van der Waals surface area (Å²) in [6.07, 6.45) is 11.4. The van der Waals surface area contributed by atoms with Crippen LogP contribution in [0.2, 0.25) is 0 Å². The second kappa shape index (κ2) is 14.4. The first-order valence-electron chi connectivity index (χ1n) is 7.20. The molecule has 1 unspecified atom stereocenters. The number of hydrogen-bond acceptors (Lipinski definition) is 3. The van der Waals surface area contributed by atoms with Gasteiger partial charge < -0.3 is 9.84 Å². The minimum Gasteiger partial charge on any atom is -0.469 e. The van der Waals surface area contributed by atoms with Gasteiger partial charge in [0.15, 0.2) is 0 Å². The van der Waals surface area contributed by atoms with Gasteiger partial charge in [-0.25, -0.2) is 0 Å². The fourth-order valence-electron chi connectivity index (χ4n) is 1.54. The fraction of sp³-hybridized carbons (Fsp3) is 0.500. The predicted molar refractivity (Wildman–Crippen MR) is 85.2 cm³/mol. The van der Waals surface area contributed by atoms with Gasteiger partial charge in [-0.05, 0) is 44.1 Å². The van der Waals surface area contributed by atoms with E-state index in [-0.39, 0.29) is 12.4 Å². The van der Waals surface area contributed by atoms with Crippen LogP contribution in [0.5, 0.6) is 0 Å². The maximum Gasteiger partial charge on any atom is 0.308 e. The van der Waals surface area contributed by atoms with Gasteiger partial charge in [-0.2, -0.15) is 0 Å². The highest BCUT2D eigenvalue weighted by atomic mass is 16.5. The van der Waals surface area contributed by atoms with Crippen LogP contribution >= 0.6 is 0 Å². The fourth-order valence-corrected chi connectivity index (χ4v) is 1.54. The van der Waals surface area contributed by atoms with Crippen molar-refractivity contribution in [1.82, 2.24) is 0 Å². The molecule has 0 radical (unpaired) electrons. The number of carbonyl (C=O) groups is 1. The zero-order valence-corrected chi connectivity index (χ0v) is 12.9. The van der Waals surface area contributed by atoms with Crippen molar-refractivity contribution >= 4 is 5.97 Å². The van der Waals surface area contributed by atoms with E-state index in [0.29, 0.717) is 12.8 Å². The van der Waals surface area contributed by atoms with Crippen LogP contribution in [0, 0.1) is 23.7 Å². The number of aliphatic hydroxyl groups is 1. The lowest BCUT2D eigenvalue weighted by molar-refractivity contribution is -0.142. The van der Waals surface area contributed by atoms with Crippen molar-refractivity contribution in [3.8, 4) is 23.7 Å². The van der Waals surface area contributed by atoms with Crippen molar-refractivity contribution in [3.05, 3.63) is 24.3 Å². The molecule has 0 saturated heterocycles.